The van der Waals surface area contributed by atoms with E-state index in [1.165, 1.54) is 0 Å². The fraction of sp³-hybridized carbons (Fsp3) is 0.429. The molecule has 1 aliphatic heterocycles. The van der Waals surface area contributed by atoms with Crippen LogP contribution in [0.15, 0.2) is 24.3 Å². The van der Waals surface area contributed by atoms with Gasteiger partial charge in [-0.2, -0.15) is 0 Å². The predicted molar refractivity (Wildman–Crippen MR) is 91.2 cm³/mol. The number of carbonyl (C=O) groups is 2. The Labute approximate surface area is 145 Å². The molecule has 1 aromatic rings. The zero-order valence-corrected chi connectivity index (χ0v) is 14.3. The summed E-state index contributed by atoms with van der Waals surface area (Å²) in [7, 11) is 0. The van der Waals surface area contributed by atoms with Crippen LogP contribution in [0.5, 0.6) is 0 Å². The van der Waals surface area contributed by atoms with Gasteiger partial charge < -0.3 is 15.1 Å². The summed E-state index contributed by atoms with van der Waals surface area (Å²) in [6.07, 6.45) is 0. The van der Waals surface area contributed by atoms with E-state index in [2.05, 4.69) is 10.2 Å². The number of nitrogens with zero attached hydrogens (tertiary/aromatic N) is 2. The van der Waals surface area contributed by atoms with Crippen LogP contribution in [0.1, 0.15) is 0 Å². The first-order chi connectivity index (χ1) is 10.1. The maximum Gasteiger partial charge on any atom is 0.242 e. The van der Waals surface area contributed by atoms with Crippen LogP contribution in [0.4, 0.5) is 5.69 Å². The number of amides is 2. The minimum absolute atomic E-state index is 0. The van der Waals surface area contributed by atoms with Crippen LogP contribution >= 0.6 is 35.6 Å². The first kappa shape index (κ1) is 18.9. The highest BCUT2D eigenvalue weighted by Gasteiger charge is 2.21. The van der Waals surface area contributed by atoms with Crippen molar-refractivity contribution < 1.29 is 9.59 Å². The molecule has 0 bridgehead atoms. The van der Waals surface area contributed by atoms with E-state index in [0.717, 1.165) is 18.8 Å². The van der Waals surface area contributed by atoms with E-state index in [1.807, 2.05) is 24.3 Å². The third kappa shape index (κ3) is 5.23. The zero-order chi connectivity index (χ0) is 15.2. The van der Waals surface area contributed by atoms with Crippen molar-refractivity contribution in [2.24, 2.45) is 0 Å². The fourth-order valence-corrected chi connectivity index (χ4v) is 2.50. The van der Waals surface area contributed by atoms with Crippen LogP contribution in [0.25, 0.3) is 0 Å². The van der Waals surface area contributed by atoms with Crippen molar-refractivity contribution in [2.75, 3.05) is 43.5 Å². The lowest BCUT2D eigenvalue weighted by atomic mass is 10.2. The molecule has 2 rings (SSSR count). The Hall–Kier alpha value is -1.17. The van der Waals surface area contributed by atoms with Crippen LogP contribution in [0, 0.1) is 0 Å². The van der Waals surface area contributed by atoms with Gasteiger partial charge in [-0.15, -0.1) is 24.0 Å². The Kier molecular flexibility index (Phi) is 7.79. The standard InChI is InChI=1S/C14H17Cl2N3O2.ClH/c15-9-13(20)17-10-14(21)19-6-4-18(5-7-19)12-3-1-2-11(16)8-12;/h1-3,8H,4-7,9-10H2,(H,17,20);1H. The third-order valence-electron chi connectivity index (χ3n) is 3.36. The first-order valence-electron chi connectivity index (χ1n) is 6.71. The number of piperazine rings is 1. The van der Waals surface area contributed by atoms with Gasteiger partial charge in [0.1, 0.15) is 5.88 Å². The van der Waals surface area contributed by atoms with Gasteiger partial charge in [-0.1, -0.05) is 17.7 Å². The van der Waals surface area contributed by atoms with E-state index >= 15 is 0 Å². The normalized spacial score (nSPS) is 14.3. The Balaban J connectivity index is 0.00000242. The quantitative estimate of drug-likeness (QED) is 0.826. The molecule has 5 nitrogen and oxygen atoms in total. The Bertz CT molecular complexity index is 520. The highest BCUT2D eigenvalue weighted by atomic mass is 35.5. The molecule has 122 valence electrons. The maximum atomic E-state index is 11.9. The molecule has 1 saturated heterocycles. The van der Waals surface area contributed by atoms with Gasteiger partial charge in [-0.25, -0.2) is 0 Å². The molecule has 1 heterocycles. The summed E-state index contributed by atoms with van der Waals surface area (Å²) in [6.45, 7) is 2.75. The number of hydrogen-bond acceptors (Lipinski definition) is 3. The van der Waals surface area contributed by atoms with Crippen molar-refractivity contribution in [1.29, 1.82) is 0 Å². The average molecular weight is 367 g/mol. The number of carbonyl (C=O) groups excluding carboxylic acids is 2. The third-order valence-corrected chi connectivity index (χ3v) is 3.84. The van der Waals surface area contributed by atoms with Crippen molar-refractivity contribution in [1.82, 2.24) is 10.2 Å². The van der Waals surface area contributed by atoms with E-state index < -0.39 is 0 Å². The molecule has 0 radical (unpaired) electrons. The number of hydrogen-bond donors (Lipinski definition) is 1. The van der Waals surface area contributed by atoms with E-state index in [9.17, 15) is 9.59 Å². The van der Waals surface area contributed by atoms with Crippen LogP contribution in [0.2, 0.25) is 5.02 Å². The molecular weight excluding hydrogens is 349 g/mol. The van der Waals surface area contributed by atoms with Crippen LogP contribution in [-0.4, -0.2) is 55.3 Å². The number of benzene rings is 1. The molecule has 0 aromatic heterocycles. The van der Waals surface area contributed by atoms with Gasteiger partial charge in [0.05, 0.1) is 6.54 Å². The Morgan fingerprint density at radius 2 is 1.86 bits per heavy atom. The summed E-state index contributed by atoms with van der Waals surface area (Å²) in [5, 5.41) is 3.19. The fourth-order valence-electron chi connectivity index (χ4n) is 2.22. The minimum atomic E-state index is -0.331. The van der Waals surface area contributed by atoms with Gasteiger partial charge in [0.15, 0.2) is 0 Å². The largest absolute Gasteiger partial charge is 0.368 e. The number of anilines is 1. The van der Waals surface area contributed by atoms with E-state index in [1.54, 1.807) is 4.90 Å². The summed E-state index contributed by atoms with van der Waals surface area (Å²) >= 11 is 11.4. The zero-order valence-electron chi connectivity index (χ0n) is 11.9. The molecule has 0 spiro atoms. The van der Waals surface area contributed by atoms with Gasteiger partial charge in [0, 0.05) is 36.9 Å². The van der Waals surface area contributed by atoms with Gasteiger partial charge in [-0.05, 0) is 18.2 Å². The van der Waals surface area contributed by atoms with Gasteiger partial charge >= 0.3 is 0 Å². The molecule has 2 amide bonds. The predicted octanol–water partition coefficient (Wildman–Crippen LogP) is 1.77. The molecule has 1 aliphatic rings. The second-order valence-electron chi connectivity index (χ2n) is 4.76. The summed E-state index contributed by atoms with van der Waals surface area (Å²) < 4.78 is 0. The van der Waals surface area contributed by atoms with Crippen molar-refractivity contribution in [3.05, 3.63) is 29.3 Å². The smallest absolute Gasteiger partial charge is 0.242 e. The highest BCUT2D eigenvalue weighted by Crippen LogP contribution is 2.20. The number of halogens is 3. The van der Waals surface area contributed by atoms with E-state index in [0.29, 0.717) is 18.1 Å². The minimum Gasteiger partial charge on any atom is -0.368 e. The van der Waals surface area contributed by atoms with Gasteiger partial charge in [-0.3, -0.25) is 9.59 Å². The van der Waals surface area contributed by atoms with E-state index in [-0.39, 0.29) is 36.6 Å². The van der Waals surface area contributed by atoms with Crippen molar-refractivity contribution in [3.63, 3.8) is 0 Å². The van der Waals surface area contributed by atoms with Crippen LogP contribution in [-0.2, 0) is 9.59 Å². The lowest BCUT2D eigenvalue weighted by molar-refractivity contribution is -0.132. The van der Waals surface area contributed by atoms with Gasteiger partial charge in [0.2, 0.25) is 11.8 Å². The molecule has 0 aliphatic carbocycles. The number of rotatable bonds is 4. The lowest BCUT2D eigenvalue weighted by Gasteiger charge is -2.36. The Morgan fingerprint density at radius 3 is 2.45 bits per heavy atom. The average Bonchev–Trinajstić information content (AvgIpc) is 2.52. The summed E-state index contributed by atoms with van der Waals surface area (Å²) in [4.78, 5) is 26.9. The molecule has 22 heavy (non-hydrogen) atoms. The van der Waals surface area contributed by atoms with Crippen LogP contribution < -0.4 is 10.2 Å². The molecule has 1 aromatic carbocycles. The SMILES string of the molecule is Cl.O=C(CCl)NCC(=O)N1CCN(c2cccc(Cl)c2)CC1. The van der Waals surface area contributed by atoms with Crippen molar-refractivity contribution >= 4 is 53.1 Å². The molecule has 0 unspecified atom stereocenters. The van der Waals surface area contributed by atoms with Crippen molar-refractivity contribution in [3.8, 4) is 0 Å². The number of nitrogens with one attached hydrogen (secondary N) is 1. The van der Waals surface area contributed by atoms with Crippen LogP contribution in [0.3, 0.4) is 0 Å². The molecule has 1 N–H and O–H groups in total. The monoisotopic (exact) mass is 365 g/mol. The first-order valence-corrected chi connectivity index (χ1v) is 7.62. The number of alkyl halides is 1. The molecule has 0 saturated carbocycles. The maximum absolute atomic E-state index is 11.9. The second-order valence-corrected chi connectivity index (χ2v) is 5.46. The Morgan fingerprint density at radius 1 is 1.18 bits per heavy atom. The lowest BCUT2D eigenvalue weighted by Crippen LogP contribution is -2.51. The molecule has 1 fully saturated rings. The van der Waals surface area contributed by atoms with Crippen molar-refractivity contribution in [2.45, 2.75) is 0 Å². The van der Waals surface area contributed by atoms with E-state index in [4.69, 9.17) is 23.2 Å². The van der Waals surface area contributed by atoms with Gasteiger partial charge in [0.25, 0.3) is 0 Å². The summed E-state index contributed by atoms with van der Waals surface area (Å²) in [6, 6.07) is 7.67. The molecular formula is C14H18Cl3N3O2. The summed E-state index contributed by atoms with van der Waals surface area (Å²) in [5.41, 5.74) is 1.06. The molecule has 0 atom stereocenters. The summed E-state index contributed by atoms with van der Waals surface area (Å²) in [5.74, 6) is -0.544. The molecule has 8 heteroatoms. The highest BCUT2D eigenvalue weighted by molar-refractivity contribution is 6.30. The topological polar surface area (TPSA) is 52.7 Å². The second kappa shape index (κ2) is 9.08.